The van der Waals surface area contributed by atoms with Crippen molar-refractivity contribution in [2.45, 2.75) is 9.79 Å². The maximum Gasteiger partial charge on any atom is 0.250 e. The molecule has 0 fully saturated rings. The van der Waals surface area contributed by atoms with Crippen molar-refractivity contribution in [1.29, 1.82) is 0 Å². The summed E-state index contributed by atoms with van der Waals surface area (Å²) in [6.07, 6.45) is 0. The van der Waals surface area contributed by atoms with Crippen molar-refractivity contribution in [2.24, 2.45) is 5.73 Å². The summed E-state index contributed by atoms with van der Waals surface area (Å²) in [5.74, 6) is -0.517. The van der Waals surface area contributed by atoms with Gasteiger partial charge < -0.3 is 17.2 Å². The Bertz CT molecular complexity index is 581. The fourth-order valence-electron chi connectivity index (χ4n) is 1.50. The molecule has 4 nitrogen and oxygen atoms in total. The van der Waals surface area contributed by atoms with Crippen molar-refractivity contribution in [3.8, 4) is 0 Å². The number of hydrogen-bond donors (Lipinski definition) is 3. The first-order valence-electron chi connectivity index (χ1n) is 5.29. The lowest BCUT2D eigenvalue weighted by Crippen LogP contribution is -2.13. The molecular formula is C13H13N3OS. The zero-order valence-electron chi connectivity index (χ0n) is 9.59. The van der Waals surface area contributed by atoms with Crippen LogP contribution in [-0.4, -0.2) is 5.91 Å². The third-order valence-electron chi connectivity index (χ3n) is 2.40. The van der Waals surface area contributed by atoms with Gasteiger partial charge in [-0.1, -0.05) is 11.8 Å². The molecule has 0 saturated heterocycles. The molecule has 2 aromatic rings. The highest BCUT2D eigenvalue weighted by molar-refractivity contribution is 7.99. The van der Waals surface area contributed by atoms with E-state index in [1.807, 2.05) is 30.3 Å². The Balaban J connectivity index is 2.22. The van der Waals surface area contributed by atoms with Crippen molar-refractivity contribution >= 4 is 29.0 Å². The lowest BCUT2D eigenvalue weighted by Gasteiger charge is -2.06. The zero-order valence-corrected chi connectivity index (χ0v) is 10.4. The van der Waals surface area contributed by atoms with Crippen LogP contribution in [-0.2, 0) is 0 Å². The van der Waals surface area contributed by atoms with Crippen molar-refractivity contribution < 1.29 is 4.79 Å². The summed E-state index contributed by atoms with van der Waals surface area (Å²) >= 11 is 1.54. The minimum atomic E-state index is -0.517. The van der Waals surface area contributed by atoms with Crippen molar-refractivity contribution in [3.63, 3.8) is 0 Å². The molecule has 0 bridgehead atoms. The normalized spacial score (nSPS) is 10.2. The number of carbonyl (C=O) groups excluding carboxylic acids is 1. The van der Waals surface area contributed by atoms with Gasteiger partial charge in [-0.05, 0) is 42.5 Å². The van der Waals surface area contributed by atoms with Gasteiger partial charge in [0.2, 0.25) is 0 Å². The number of rotatable bonds is 3. The minimum Gasteiger partial charge on any atom is -0.399 e. The fraction of sp³-hybridized carbons (Fsp3) is 0. The van der Waals surface area contributed by atoms with E-state index >= 15 is 0 Å². The van der Waals surface area contributed by atoms with Crippen LogP contribution in [0.3, 0.4) is 0 Å². The van der Waals surface area contributed by atoms with Crippen molar-refractivity contribution in [3.05, 3.63) is 48.0 Å². The van der Waals surface area contributed by atoms with Gasteiger partial charge in [-0.2, -0.15) is 0 Å². The second-order valence-electron chi connectivity index (χ2n) is 3.78. The molecule has 0 radical (unpaired) electrons. The summed E-state index contributed by atoms with van der Waals surface area (Å²) in [7, 11) is 0. The molecule has 0 spiro atoms. The molecule has 92 valence electrons. The molecule has 0 heterocycles. The molecular weight excluding hydrogens is 246 g/mol. The van der Waals surface area contributed by atoms with E-state index in [4.69, 9.17) is 17.2 Å². The van der Waals surface area contributed by atoms with Crippen LogP contribution in [0.5, 0.6) is 0 Å². The number of hydrogen-bond acceptors (Lipinski definition) is 4. The summed E-state index contributed by atoms with van der Waals surface area (Å²) in [5, 5.41) is 0. The molecule has 2 aromatic carbocycles. The van der Waals surface area contributed by atoms with Gasteiger partial charge in [-0.15, -0.1) is 0 Å². The first-order valence-corrected chi connectivity index (χ1v) is 6.10. The average Bonchev–Trinajstić information content (AvgIpc) is 2.32. The molecule has 0 atom stereocenters. The predicted octanol–water partition coefficient (Wildman–Crippen LogP) is 2.10. The highest BCUT2D eigenvalue weighted by Crippen LogP contribution is 2.30. The molecule has 18 heavy (non-hydrogen) atoms. The smallest absolute Gasteiger partial charge is 0.250 e. The van der Waals surface area contributed by atoms with E-state index in [9.17, 15) is 4.79 Å². The Labute approximate surface area is 109 Å². The second kappa shape index (κ2) is 5.01. The minimum absolute atomic E-state index is 0.344. The Morgan fingerprint density at radius 3 is 2.11 bits per heavy atom. The van der Waals surface area contributed by atoms with Crippen molar-refractivity contribution in [1.82, 2.24) is 0 Å². The van der Waals surface area contributed by atoms with Gasteiger partial charge in [0.15, 0.2) is 0 Å². The quantitative estimate of drug-likeness (QED) is 0.735. The van der Waals surface area contributed by atoms with Gasteiger partial charge in [0, 0.05) is 21.2 Å². The molecule has 0 saturated carbocycles. The maximum atomic E-state index is 11.1. The van der Waals surface area contributed by atoms with E-state index in [0.29, 0.717) is 11.3 Å². The number of benzene rings is 2. The van der Waals surface area contributed by atoms with E-state index in [0.717, 1.165) is 15.5 Å². The number of nitrogen functional groups attached to an aromatic ring is 2. The summed E-state index contributed by atoms with van der Waals surface area (Å²) in [4.78, 5) is 13.0. The first kappa shape index (κ1) is 12.3. The van der Waals surface area contributed by atoms with Crippen LogP contribution in [0.4, 0.5) is 11.4 Å². The van der Waals surface area contributed by atoms with Gasteiger partial charge in [-0.3, -0.25) is 4.79 Å². The van der Waals surface area contributed by atoms with E-state index in [1.54, 1.807) is 23.9 Å². The van der Waals surface area contributed by atoms with E-state index in [-0.39, 0.29) is 0 Å². The number of amides is 1. The van der Waals surface area contributed by atoms with Crippen LogP contribution in [0.2, 0.25) is 0 Å². The SMILES string of the molecule is NC(=O)c1ccc(Sc2ccc(N)cc2)cc1N. The number of primary amides is 1. The molecule has 5 heteroatoms. The highest BCUT2D eigenvalue weighted by Gasteiger charge is 2.06. The maximum absolute atomic E-state index is 11.1. The highest BCUT2D eigenvalue weighted by atomic mass is 32.2. The second-order valence-corrected chi connectivity index (χ2v) is 4.93. The van der Waals surface area contributed by atoms with Crippen LogP contribution in [0.15, 0.2) is 52.3 Å². The Kier molecular flexibility index (Phi) is 3.43. The summed E-state index contributed by atoms with van der Waals surface area (Å²) in [6.45, 7) is 0. The molecule has 1 amide bonds. The number of nitrogens with two attached hydrogens (primary N) is 3. The third-order valence-corrected chi connectivity index (χ3v) is 3.40. The topological polar surface area (TPSA) is 95.1 Å². The monoisotopic (exact) mass is 259 g/mol. The molecule has 2 rings (SSSR count). The molecule has 0 unspecified atom stereocenters. The summed E-state index contributed by atoms with van der Waals surface area (Å²) in [6, 6.07) is 12.7. The Hall–Kier alpha value is -2.14. The number of anilines is 2. The first-order chi connectivity index (χ1) is 8.56. The summed E-state index contributed by atoms with van der Waals surface area (Å²) in [5.41, 5.74) is 18.0. The van der Waals surface area contributed by atoms with E-state index in [2.05, 4.69) is 0 Å². The number of carbonyl (C=O) groups is 1. The van der Waals surface area contributed by atoms with Gasteiger partial charge in [0.1, 0.15) is 0 Å². The summed E-state index contributed by atoms with van der Waals surface area (Å²) < 4.78 is 0. The van der Waals surface area contributed by atoms with Crippen LogP contribution in [0.1, 0.15) is 10.4 Å². The lowest BCUT2D eigenvalue weighted by atomic mass is 10.2. The third kappa shape index (κ3) is 2.75. The Morgan fingerprint density at radius 2 is 1.56 bits per heavy atom. The van der Waals surface area contributed by atoms with Crippen LogP contribution in [0, 0.1) is 0 Å². The molecule has 0 aliphatic carbocycles. The molecule has 0 aliphatic rings. The zero-order chi connectivity index (χ0) is 13.1. The molecule has 0 aliphatic heterocycles. The average molecular weight is 259 g/mol. The molecule has 6 N–H and O–H groups in total. The van der Waals surface area contributed by atoms with Gasteiger partial charge >= 0.3 is 0 Å². The van der Waals surface area contributed by atoms with Gasteiger partial charge in [-0.25, -0.2) is 0 Å². The van der Waals surface area contributed by atoms with Gasteiger partial charge in [0.05, 0.1) is 5.56 Å². The van der Waals surface area contributed by atoms with E-state index < -0.39 is 5.91 Å². The molecule has 0 aromatic heterocycles. The van der Waals surface area contributed by atoms with E-state index in [1.165, 1.54) is 0 Å². The van der Waals surface area contributed by atoms with Crippen LogP contribution >= 0.6 is 11.8 Å². The van der Waals surface area contributed by atoms with Crippen LogP contribution < -0.4 is 17.2 Å². The van der Waals surface area contributed by atoms with Crippen molar-refractivity contribution in [2.75, 3.05) is 11.5 Å². The fourth-order valence-corrected chi connectivity index (χ4v) is 2.37. The largest absolute Gasteiger partial charge is 0.399 e. The lowest BCUT2D eigenvalue weighted by molar-refractivity contribution is 0.100. The Morgan fingerprint density at radius 1 is 0.944 bits per heavy atom. The van der Waals surface area contributed by atoms with Gasteiger partial charge in [0.25, 0.3) is 5.91 Å². The standard InChI is InChI=1S/C13H13N3OS/c14-8-1-3-9(4-2-8)18-10-5-6-11(13(16)17)12(15)7-10/h1-7H,14-15H2,(H2,16,17). The predicted molar refractivity (Wildman–Crippen MR) is 74.3 cm³/mol. The van der Waals surface area contributed by atoms with Crippen LogP contribution in [0.25, 0.3) is 0 Å².